The number of ether oxygens (including phenoxy) is 8. The number of nitrogens with zero attached hydrogens (tertiary/aromatic N) is 4. The van der Waals surface area contributed by atoms with Crippen LogP contribution in [0.1, 0.15) is 95.2 Å². The van der Waals surface area contributed by atoms with Crippen LogP contribution in [0.15, 0.2) is 220 Å². The molecule has 12 heteroatoms. The van der Waals surface area contributed by atoms with Crippen LogP contribution in [0.5, 0.6) is 92.0 Å². The van der Waals surface area contributed by atoms with Gasteiger partial charge in [-0.1, -0.05) is 151 Å². The Labute approximate surface area is 534 Å². The monoisotopic (exact) mass is 1200 g/mol. The third-order valence-corrected chi connectivity index (χ3v) is 16.8. The van der Waals surface area contributed by atoms with E-state index in [0.29, 0.717) is 23.0 Å². The lowest BCUT2D eigenvalue weighted by atomic mass is 9.72. The molecule has 0 aliphatic heterocycles. The normalized spacial score (nSPS) is 14.2. The maximum atomic E-state index is 10.9. The number of rotatable bonds is 20. The Bertz CT molecular complexity index is 4470. The lowest BCUT2D eigenvalue weighted by Crippen LogP contribution is -2.25. The molecule has 0 saturated carbocycles. The minimum Gasteiger partial charge on any atom is -0.468 e. The number of hydrogen-bond donors (Lipinski definition) is 0. The van der Waals surface area contributed by atoms with Gasteiger partial charge in [-0.3, -0.25) is 0 Å². The van der Waals surface area contributed by atoms with Crippen LogP contribution < -0.4 is 37.9 Å². The summed E-state index contributed by atoms with van der Waals surface area (Å²) in [5.41, 5.74) is 6.65. The average Bonchev–Trinajstić information content (AvgIpc) is 1.52. The summed E-state index contributed by atoms with van der Waals surface area (Å²) in [6.45, 7) is 41.2. The summed E-state index contributed by atoms with van der Waals surface area (Å²) in [5.74, 6) is 4.55. The molecule has 2 aliphatic carbocycles. The largest absolute Gasteiger partial charge is 0.468 e. The molecule has 0 bridgehead atoms. The molecule has 12 nitrogen and oxygen atoms in total. The van der Waals surface area contributed by atoms with Crippen LogP contribution in [0.3, 0.4) is 0 Å². The smallest absolute Gasteiger partial charge is 0.270 e. The number of para-hydroxylation sites is 2. The van der Waals surface area contributed by atoms with E-state index in [4.69, 9.17) is 51.0 Å². The molecule has 0 radical (unpaired) electrons. The van der Waals surface area contributed by atoms with E-state index in [1.807, 2.05) is 97.1 Å². The highest BCUT2D eigenvalue weighted by atomic mass is 16.5. The van der Waals surface area contributed by atoms with E-state index < -0.39 is 10.8 Å². The first-order chi connectivity index (χ1) is 44.7. The molecule has 0 aromatic heterocycles. The van der Waals surface area contributed by atoms with Gasteiger partial charge in [0.25, 0.3) is 11.4 Å². The lowest BCUT2D eigenvalue weighted by Gasteiger charge is -2.31. The van der Waals surface area contributed by atoms with Gasteiger partial charge in [0, 0.05) is 11.8 Å². The van der Waals surface area contributed by atoms with Gasteiger partial charge in [0.2, 0.25) is 0 Å². The average molecular weight is 1200 g/mol. The topological polar surface area (TPSA) is 130 Å². The number of hydrogen-bond acceptors (Lipinski definition) is 10. The van der Waals surface area contributed by atoms with Crippen LogP contribution in [0.2, 0.25) is 0 Å². The number of benzene rings is 10. The third kappa shape index (κ3) is 11.4. The molecule has 0 fully saturated rings. The van der Waals surface area contributed by atoms with E-state index in [1.54, 1.807) is 121 Å². The Morgan fingerprint density at radius 2 is 0.587 bits per heavy atom. The first-order valence-corrected chi connectivity index (χ1v) is 29.5. The summed E-state index contributed by atoms with van der Waals surface area (Å²) >= 11 is 0. The maximum absolute atomic E-state index is 10.9. The molecule has 0 heterocycles. The summed E-state index contributed by atoms with van der Waals surface area (Å²) in [4.78, 5) is 7.90. The van der Waals surface area contributed by atoms with Crippen molar-refractivity contribution >= 4 is 35.7 Å². The first-order valence-electron chi connectivity index (χ1n) is 29.5. The molecular formula is C80H58N4O8. The van der Waals surface area contributed by atoms with Gasteiger partial charge in [0.15, 0.2) is 23.0 Å². The highest BCUT2D eigenvalue weighted by molar-refractivity contribution is 5.74. The highest BCUT2D eigenvalue weighted by Crippen LogP contribution is 2.69. The van der Waals surface area contributed by atoms with Crippen molar-refractivity contribution in [3.8, 4) is 104 Å². The minimum absolute atomic E-state index is 0.121. The van der Waals surface area contributed by atoms with Crippen molar-refractivity contribution in [2.24, 2.45) is 0 Å². The van der Waals surface area contributed by atoms with Crippen LogP contribution >= 0.6 is 0 Å². The quantitative estimate of drug-likeness (QED) is 0.0680. The van der Waals surface area contributed by atoms with Crippen molar-refractivity contribution in [1.29, 1.82) is 10.5 Å². The first kappa shape index (κ1) is 59.8. The molecule has 2 unspecified atom stereocenters. The molecule has 0 N–H and O–H groups in total. The fourth-order valence-corrected chi connectivity index (χ4v) is 12.2. The van der Waals surface area contributed by atoms with Gasteiger partial charge in [-0.05, 0) is 177 Å². The van der Waals surface area contributed by atoms with Crippen LogP contribution in [0.4, 0.5) is 11.4 Å². The predicted octanol–water partition coefficient (Wildman–Crippen LogP) is 22.9. The zero-order valence-electron chi connectivity index (χ0n) is 50.8. The molecule has 12 rings (SSSR count). The molecule has 10 aromatic carbocycles. The zero-order chi connectivity index (χ0) is 64.3. The molecule has 0 spiro atoms. The van der Waals surface area contributed by atoms with Crippen molar-refractivity contribution in [3.05, 3.63) is 299 Å². The van der Waals surface area contributed by atoms with Gasteiger partial charge in [0.05, 0.1) is 13.1 Å². The summed E-state index contributed by atoms with van der Waals surface area (Å²) in [7, 11) is 0. The van der Waals surface area contributed by atoms with E-state index >= 15 is 0 Å². The molecule has 10 aromatic rings. The molecule has 0 amide bonds. The fraction of sp³-hybridized carbons (Fsp3) is 0.100. The van der Waals surface area contributed by atoms with Crippen LogP contribution in [0, 0.1) is 35.8 Å². The standard InChI is InChI=1S/C80H58N4O8/c1-11-49-27-35-53(36-28-49)85-63-19-15-21-65(59(63)47-81)89-71-43-57-61(45-73(71)90-66-22-16-20-64(60(66)48-82)86-54-37-29-50(12-2)30-38-54)79(5,6)76-58-44-72(91-69-25-17-23-67(77(69)83-9)87-55-39-31-51(13-3)32-40-55)74(46-62(58)80(7,8)75(57)76)92-70-26-18-24-68(78(70)84-10)88-56-41-33-52(14-4)34-42-56/h11-46,75-76H,1-4H2,5-8H3. The van der Waals surface area contributed by atoms with Gasteiger partial charge in [-0.25, -0.2) is 9.69 Å². The van der Waals surface area contributed by atoms with Crippen molar-refractivity contribution in [2.75, 3.05) is 0 Å². The Balaban J connectivity index is 0.990. The predicted molar refractivity (Wildman–Crippen MR) is 359 cm³/mol. The molecule has 446 valence electrons. The van der Waals surface area contributed by atoms with Crippen molar-refractivity contribution in [3.63, 3.8) is 0 Å². The second-order valence-corrected chi connectivity index (χ2v) is 23.0. The summed E-state index contributed by atoms with van der Waals surface area (Å²) in [5, 5.41) is 21.8. The fourth-order valence-electron chi connectivity index (χ4n) is 12.2. The highest BCUT2D eigenvalue weighted by Gasteiger charge is 2.59. The number of nitriles is 2. The van der Waals surface area contributed by atoms with Crippen LogP contribution in [0.25, 0.3) is 34.0 Å². The Kier molecular flexibility index (Phi) is 16.2. The third-order valence-electron chi connectivity index (χ3n) is 16.8. The zero-order valence-corrected chi connectivity index (χ0v) is 50.8. The van der Waals surface area contributed by atoms with Gasteiger partial charge in [-0.15, -0.1) is 0 Å². The molecular weight excluding hydrogens is 1140 g/mol. The van der Waals surface area contributed by atoms with Gasteiger partial charge in [0.1, 0.15) is 92.3 Å². The Morgan fingerprint density at radius 1 is 0.348 bits per heavy atom. The second kappa shape index (κ2) is 25.0. The number of fused-ring (bicyclic) bond motifs is 5. The lowest BCUT2D eigenvalue weighted by molar-refractivity contribution is 0.348. The van der Waals surface area contributed by atoms with Gasteiger partial charge < -0.3 is 37.9 Å². The maximum Gasteiger partial charge on any atom is 0.270 e. The van der Waals surface area contributed by atoms with Crippen molar-refractivity contribution in [1.82, 2.24) is 0 Å². The molecule has 2 aliphatic rings. The van der Waals surface area contributed by atoms with Crippen LogP contribution in [-0.4, -0.2) is 0 Å². The van der Waals surface area contributed by atoms with Gasteiger partial charge >= 0.3 is 0 Å². The SMILES string of the molecule is [C-]#[N+]c1c(Oc2ccc(C=C)cc2)cccc1Oc1cc2c(cc1Oc1cccc(Oc3ccc(C=C)cc3)c1[N+]#[C-])C(C)(C)C1c3cc(Oc4cccc(Oc5ccc(C=C)cc5)c4C#N)c(Oc4cccc(Oc5ccc(C=C)cc5)c4C#N)cc3C(C)(C)C21. The molecule has 92 heavy (non-hydrogen) atoms. The van der Waals surface area contributed by atoms with E-state index in [2.05, 4.69) is 75.8 Å². The van der Waals surface area contributed by atoms with Crippen LogP contribution in [-0.2, 0) is 10.8 Å². The molecule has 2 atom stereocenters. The van der Waals surface area contributed by atoms with Gasteiger partial charge in [-0.2, -0.15) is 10.5 Å². The Morgan fingerprint density at radius 3 is 0.859 bits per heavy atom. The van der Waals surface area contributed by atoms with E-state index in [-0.39, 0.29) is 103 Å². The summed E-state index contributed by atoms with van der Waals surface area (Å²) in [6.07, 6.45) is 6.95. The summed E-state index contributed by atoms with van der Waals surface area (Å²) < 4.78 is 53.2. The summed E-state index contributed by atoms with van der Waals surface area (Å²) in [6, 6.07) is 62.7. The van der Waals surface area contributed by atoms with E-state index in [9.17, 15) is 10.5 Å². The minimum atomic E-state index is -0.657. The second-order valence-electron chi connectivity index (χ2n) is 23.0. The molecule has 0 saturated heterocycles. The van der Waals surface area contributed by atoms with E-state index in [1.165, 1.54) is 0 Å². The Hall–Kier alpha value is -12.5. The van der Waals surface area contributed by atoms with Crippen molar-refractivity contribution < 1.29 is 37.9 Å². The van der Waals surface area contributed by atoms with Crippen molar-refractivity contribution in [2.45, 2.75) is 50.4 Å². The van der Waals surface area contributed by atoms with E-state index in [0.717, 1.165) is 44.5 Å².